The van der Waals surface area contributed by atoms with Crippen LogP contribution in [0, 0.1) is 0 Å². The van der Waals surface area contributed by atoms with Crippen molar-refractivity contribution in [3.63, 3.8) is 0 Å². The molecule has 0 bridgehead atoms. The normalized spacial score (nSPS) is 12.4. The molecule has 0 aliphatic carbocycles. The third-order valence-corrected chi connectivity index (χ3v) is 1.78. The predicted octanol–water partition coefficient (Wildman–Crippen LogP) is 1.55. The number of benzene rings is 1. The number of phenols is 1. The molecular weight excluding hydrogens is 184 g/mol. The van der Waals surface area contributed by atoms with Gasteiger partial charge in [-0.2, -0.15) is 0 Å². The summed E-state index contributed by atoms with van der Waals surface area (Å²) < 4.78 is 5.01. The monoisotopic (exact) mass is 196 g/mol. The number of para-hydroxylation sites is 1. The molecule has 0 fully saturated rings. The van der Waals surface area contributed by atoms with Crippen molar-refractivity contribution in [2.24, 2.45) is 0 Å². The van der Waals surface area contributed by atoms with Crippen LogP contribution in [-0.4, -0.2) is 22.8 Å². The molecule has 1 atom stereocenters. The molecule has 1 aromatic carbocycles. The first-order valence-corrected chi connectivity index (χ1v) is 4.29. The largest absolute Gasteiger partial charge is 0.508 e. The van der Waals surface area contributed by atoms with Gasteiger partial charge in [-0.3, -0.25) is 0 Å². The fourth-order valence-electron chi connectivity index (χ4n) is 1.17. The number of rotatable bonds is 4. The average Bonchev–Trinajstić information content (AvgIpc) is 2.15. The molecule has 1 unspecified atom stereocenters. The van der Waals surface area contributed by atoms with Crippen LogP contribution in [0.5, 0.6) is 5.75 Å². The topological polar surface area (TPSA) is 66.8 Å². The summed E-state index contributed by atoms with van der Waals surface area (Å²) in [6, 6.07) is 6.25. The van der Waals surface area contributed by atoms with Gasteiger partial charge in [-0.15, -0.1) is 0 Å². The van der Waals surface area contributed by atoms with Crippen molar-refractivity contribution < 1.29 is 19.7 Å². The van der Waals surface area contributed by atoms with Gasteiger partial charge in [0.05, 0.1) is 0 Å². The maximum Gasteiger partial charge on any atom is 0.337 e. The number of carbonyl (C=O) groups is 1. The number of ether oxygens (including phenoxy) is 1. The summed E-state index contributed by atoms with van der Waals surface area (Å²) in [6.07, 6.45) is -1.10. The minimum absolute atomic E-state index is 0.0617. The summed E-state index contributed by atoms with van der Waals surface area (Å²) in [7, 11) is 0. The van der Waals surface area contributed by atoms with E-state index in [0.717, 1.165) is 0 Å². The van der Waals surface area contributed by atoms with Crippen molar-refractivity contribution in [2.75, 3.05) is 6.61 Å². The molecule has 0 aromatic heterocycles. The Morgan fingerprint density at radius 1 is 1.50 bits per heavy atom. The lowest BCUT2D eigenvalue weighted by Crippen LogP contribution is -2.15. The van der Waals surface area contributed by atoms with Crippen molar-refractivity contribution in [3.8, 4) is 5.75 Å². The number of aliphatic carboxylic acids is 1. The van der Waals surface area contributed by atoms with Crippen molar-refractivity contribution >= 4 is 5.97 Å². The van der Waals surface area contributed by atoms with Crippen LogP contribution >= 0.6 is 0 Å². The second-order valence-corrected chi connectivity index (χ2v) is 2.73. The van der Waals surface area contributed by atoms with E-state index in [2.05, 4.69) is 0 Å². The molecule has 2 N–H and O–H groups in total. The van der Waals surface area contributed by atoms with Crippen molar-refractivity contribution in [1.82, 2.24) is 0 Å². The molecule has 0 radical (unpaired) electrons. The summed E-state index contributed by atoms with van der Waals surface area (Å²) in [4.78, 5) is 10.8. The van der Waals surface area contributed by atoms with Gasteiger partial charge in [0.1, 0.15) is 5.75 Å². The third-order valence-electron chi connectivity index (χ3n) is 1.78. The van der Waals surface area contributed by atoms with E-state index < -0.39 is 12.1 Å². The lowest BCUT2D eigenvalue weighted by molar-refractivity contribution is -0.150. The Labute approximate surface area is 81.8 Å². The van der Waals surface area contributed by atoms with Crippen LogP contribution in [0.1, 0.15) is 18.6 Å². The van der Waals surface area contributed by atoms with Crippen LogP contribution in [0.25, 0.3) is 0 Å². The van der Waals surface area contributed by atoms with Gasteiger partial charge in [-0.1, -0.05) is 18.2 Å². The van der Waals surface area contributed by atoms with Gasteiger partial charge in [0.2, 0.25) is 0 Å². The summed E-state index contributed by atoms with van der Waals surface area (Å²) in [5.41, 5.74) is 0.279. The quantitative estimate of drug-likeness (QED) is 0.766. The molecule has 0 spiro atoms. The van der Waals surface area contributed by atoms with Gasteiger partial charge in [-0.05, 0) is 13.0 Å². The first-order chi connectivity index (χ1) is 6.66. The van der Waals surface area contributed by atoms with E-state index in [1.807, 2.05) is 0 Å². The maximum absolute atomic E-state index is 10.8. The van der Waals surface area contributed by atoms with Gasteiger partial charge < -0.3 is 14.9 Å². The maximum atomic E-state index is 10.8. The van der Waals surface area contributed by atoms with Crippen LogP contribution < -0.4 is 0 Å². The zero-order chi connectivity index (χ0) is 10.6. The van der Waals surface area contributed by atoms with E-state index in [4.69, 9.17) is 9.84 Å². The van der Waals surface area contributed by atoms with E-state index in [1.54, 1.807) is 19.1 Å². The number of hydrogen-bond acceptors (Lipinski definition) is 3. The molecular formula is C10H12O4. The lowest BCUT2D eigenvalue weighted by atomic mass is 10.1. The Morgan fingerprint density at radius 3 is 2.64 bits per heavy atom. The van der Waals surface area contributed by atoms with E-state index in [-0.39, 0.29) is 17.9 Å². The van der Waals surface area contributed by atoms with E-state index in [0.29, 0.717) is 0 Å². The van der Waals surface area contributed by atoms with Crippen molar-refractivity contribution in [3.05, 3.63) is 29.8 Å². The van der Waals surface area contributed by atoms with Crippen LogP contribution in [0.2, 0.25) is 0 Å². The van der Waals surface area contributed by atoms with Crippen LogP contribution in [-0.2, 0) is 9.53 Å². The molecule has 4 nitrogen and oxygen atoms in total. The molecule has 0 amide bonds. The Kier molecular flexibility index (Phi) is 3.48. The zero-order valence-corrected chi connectivity index (χ0v) is 7.80. The molecule has 0 aliphatic heterocycles. The Balaban J connectivity index is 2.99. The SMILES string of the molecule is CCOC(C(=O)O)c1ccccc1O. The van der Waals surface area contributed by atoms with Crippen molar-refractivity contribution in [1.29, 1.82) is 0 Å². The number of carboxylic acid groups (broad SMARTS) is 1. The first kappa shape index (κ1) is 10.5. The van der Waals surface area contributed by atoms with Gasteiger partial charge in [0.15, 0.2) is 6.10 Å². The van der Waals surface area contributed by atoms with Gasteiger partial charge >= 0.3 is 5.97 Å². The highest BCUT2D eigenvalue weighted by Gasteiger charge is 2.22. The summed E-state index contributed by atoms with van der Waals surface area (Å²) >= 11 is 0. The van der Waals surface area contributed by atoms with Gasteiger partial charge in [0.25, 0.3) is 0 Å². The number of phenolic OH excluding ortho intramolecular Hbond substituents is 1. The Hall–Kier alpha value is -1.55. The molecule has 4 heteroatoms. The highest BCUT2D eigenvalue weighted by atomic mass is 16.5. The fourth-order valence-corrected chi connectivity index (χ4v) is 1.17. The molecule has 0 heterocycles. The van der Waals surface area contributed by atoms with Gasteiger partial charge in [-0.25, -0.2) is 4.79 Å². The van der Waals surface area contributed by atoms with Crippen molar-refractivity contribution in [2.45, 2.75) is 13.0 Å². The third kappa shape index (κ3) is 2.23. The van der Waals surface area contributed by atoms with Gasteiger partial charge in [0, 0.05) is 12.2 Å². The van der Waals surface area contributed by atoms with E-state index in [1.165, 1.54) is 12.1 Å². The Bertz CT molecular complexity index is 322. The average molecular weight is 196 g/mol. The molecule has 14 heavy (non-hydrogen) atoms. The van der Waals surface area contributed by atoms with Crippen LogP contribution in [0.3, 0.4) is 0 Å². The Morgan fingerprint density at radius 2 is 2.14 bits per heavy atom. The van der Waals surface area contributed by atoms with E-state index in [9.17, 15) is 9.90 Å². The number of aromatic hydroxyl groups is 1. The minimum atomic E-state index is -1.10. The first-order valence-electron chi connectivity index (χ1n) is 4.29. The lowest BCUT2D eigenvalue weighted by Gasteiger charge is -2.13. The van der Waals surface area contributed by atoms with Crippen LogP contribution in [0.15, 0.2) is 24.3 Å². The zero-order valence-electron chi connectivity index (χ0n) is 7.80. The minimum Gasteiger partial charge on any atom is -0.508 e. The molecule has 76 valence electrons. The predicted molar refractivity (Wildman–Crippen MR) is 50.1 cm³/mol. The highest BCUT2D eigenvalue weighted by molar-refractivity contribution is 5.75. The summed E-state index contributed by atoms with van der Waals surface area (Å²) in [6.45, 7) is 1.99. The van der Waals surface area contributed by atoms with Crippen LogP contribution in [0.4, 0.5) is 0 Å². The van der Waals surface area contributed by atoms with E-state index >= 15 is 0 Å². The molecule has 1 aromatic rings. The number of carboxylic acids is 1. The molecule has 0 aliphatic rings. The summed E-state index contributed by atoms with van der Waals surface area (Å²) in [5.74, 6) is -1.17. The number of hydrogen-bond donors (Lipinski definition) is 2. The second-order valence-electron chi connectivity index (χ2n) is 2.73. The molecule has 0 saturated heterocycles. The standard InChI is InChI=1S/C10H12O4/c1-2-14-9(10(12)13)7-5-3-4-6-8(7)11/h3-6,9,11H,2H2,1H3,(H,12,13). The molecule has 0 saturated carbocycles. The highest BCUT2D eigenvalue weighted by Crippen LogP contribution is 2.26. The second kappa shape index (κ2) is 4.62. The smallest absolute Gasteiger partial charge is 0.337 e. The molecule has 1 rings (SSSR count). The summed E-state index contributed by atoms with van der Waals surface area (Å²) in [5, 5.41) is 18.3. The fraction of sp³-hybridized carbons (Fsp3) is 0.300.